The zero-order chi connectivity index (χ0) is 28.4. The molecule has 37 heavy (non-hydrogen) atoms. The molecule has 0 amide bonds. The Bertz CT molecular complexity index is 1100. The predicted octanol–water partition coefficient (Wildman–Crippen LogP) is 8.96. The SMILES string of the molecule is COc1cc(C=Cc2ccc(C)c(O[Si](C)(C)C(C)(C)C)c2O[Si](C)(C)C(C)(C)C)cc(OC)c1OC. The Labute approximate surface area is 227 Å². The fourth-order valence-corrected chi connectivity index (χ4v) is 5.34. The Hall–Kier alpha value is -2.39. The smallest absolute Gasteiger partial charge is 0.250 e. The van der Waals surface area contributed by atoms with E-state index in [9.17, 15) is 0 Å². The molecule has 206 valence electrons. The second-order valence-corrected chi connectivity index (χ2v) is 22.1. The molecule has 0 heterocycles. The van der Waals surface area contributed by atoms with Crippen LogP contribution in [-0.4, -0.2) is 38.0 Å². The van der Waals surface area contributed by atoms with Gasteiger partial charge in [0.2, 0.25) is 5.75 Å². The average molecular weight is 545 g/mol. The maximum Gasteiger partial charge on any atom is 0.250 e. The third kappa shape index (κ3) is 6.93. The number of ether oxygens (including phenoxy) is 3. The van der Waals surface area contributed by atoms with Crippen molar-refractivity contribution in [2.75, 3.05) is 21.3 Å². The molecule has 0 aromatic heterocycles. The lowest BCUT2D eigenvalue weighted by Crippen LogP contribution is -2.46. The predicted molar refractivity (Wildman–Crippen MR) is 162 cm³/mol. The number of benzene rings is 2. The summed E-state index contributed by atoms with van der Waals surface area (Å²) < 4.78 is 30.5. The van der Waals surface area contributed by atoms with Crippen molar-refractivity contribution in [2.45, 2.75) is 84.7 Å². The van der Waals surface area contributed by atoms with E-state index in [1.54, 1.807) is 21.3 Å². The van der Waals surface area contributed by atoms with E-state index in [1.807, 2.05) is 18.2 Å². The first kappa shape index (κ1) is 30.8. The van der Waals surface area contributed by atoms with E-state index >= 15 is 0 Å². The standard InChI is InChI=1S/C30H48O5Si2/c1-21-15-17-23(18-16-22-19-24(31-8)28(33-10)25(20-22)32-9)27(35-37(13,14)30(5,6)7)26(21)34-36(11,12)29(2,3)4/h15-20H,1-14H3. The molecule has 0 aliphatic rings. The first-order valence-electron chi connectivity index (χ1n) is 12.9. The maximum absolute atomic E-state index is 7.00. The molecular formula is C30H48O5Si2. The Morgan fingerprint density at radius 3 is 1.49 bits per heavy atom. The highest BCUT2D eigenvalue weighted by Gasteiger charge is 2.42. The third-order valence-electron chi connectivity index (χ3n) is 7.81. The van der Waals surface area contributed by atoms with Crippen LogP contribution in [0.1, 0.15) is 58.2 Å². The summed E-state index contributed by atoms with van der Waals surface area (Å²) in [5, 5.41) is 0.110. The summed E-state index contributed by atoms with van der Waals surface area (Å²) >= 11 is 0. The highest BCUT2D eigenvalue weighted by Crippen LogP contribution is 2.47. The van der Waals surface area contributed by atoms with Crippen LogP contribution in [0.3, 0.4) is 0 Å². The Morgan fingerprint density at radius 2 is 1.08 bits per heavy atom. The molecule has 0 spiro atoms. The Kier molecular flexibility index (Phi) is 9.30. The molecule has 0 aliphatic heterocycles. The van der Waals surface area contributed by atoms with E-state index in [-0.39, 0.29) is 10.1 Å². The quantitative estimate of drug-likeness (QED) is 0.233. The van der Waals surface area contributed by atoms with Crippen LogP contribution >= 0.6 is 0 Å². The van der Waals surface area contributed by atoms with Crippen molar-refractivity contribution in [1.29, 1.82) is 0 Å². The van der Waals surface area contributed by atoms with Gasteiger partial charge in [-0.15, -0.1) is 0 Å². The molecule has 0 atom stereocenters. The van der Waals surface area contributed by atoms with Crippen LogP contribution in [0.5, 0.6) is 28.7 Å². The molecule has 0 saturated carbocycles. The van der Waals surface area contributed by atoms with Crippen molar-refractivity contribution in [3.8, 4) is 28.7 Å². The summed E-state index contributed by atoms with van der Waals surface area (Å²) in [6.45, 7) is 24.8. The van der Waals surface area contributed by atoms with Crippen molar-refractivity contribution in [3.63, 3.8) is 0 Å². The van der Waals surface area contributed by atoms with Gasteiger partial charge in [0, 0.05) is 5.56 Å². The van der Waals surface area contributed by atoms with Gasteiger partial charge < -0.3 is 23.1 Å². The lowest BCUT2D eigenvalue weighted by Gasteiger charge is -2.40. The van der Waals surface area contributed by atoms with Gasteiger partial charge in [0.1, 0.15) is 5.75 Å². The highest BCUT2D eigenvalue weighted by atomic mass is 28.4. The average Bonchev–Trinajstić information content (AvgIpc) is 2.78. The molecule has 0 aliphatic carbocycles. The minimum Gasteiger partial charge on any atom is -0.541 e. The van der Waals surface area contributed by atoms with Crippen molar-refractivity contribution in [1.82, 2.24) is 0 Å². The fraction of sp³-hybridized carbons (Fsp3) is 0.533. The van der Waals surface area contributed by atoms with Crippen LogP contribution in [0.4, 0.5) is 0 Å². The van der Waals surface area contributed by atoms with E-state index in [0.29, 0.717) is 17.2 Å². The summed E-state index contributed by atoms with van der Waals surface area (Å²) in [5.41, 5.74) is 3.00. The monoisotopic (exact) mass is 544 g/mol. The molecule has 5 nitrogen and oxygen atoms in total. The van der Waals surface area contributed by atoms with Gasteiger partial charge in [-0.25, -0.2) is 0 Å². The zero-order valence-electron chi connectivity index (χ0n) is 25.5. The second-order valence-electron chi connectivity index (χ2n) is 12.6. The minimum absolute atomic E-state index is 0.0443. The largest absolute Gasteiger partial charge is 0.541 e. The molecular weight excluding hydrogens is 496 g/mol. The first-order valence-corrected chi connectivity index (χ1v) is 18.7. The van der Waals surface area contributed by atoms with Gasteiger partial charge in [0.25, 0.3) is 16.6 Å². The lowest BCUT2D eigenvalue weighted by atomic mass is 10.1. The zero-order valence-corrected chi connectivity index (χ0v) is 27.5. The molecule has 0 radical (unpaired) electrons. The van der Waals surface area contributed by atoms with Crippen molar-refractivity contribution < 1.29 is 23.1 Å². The molecule has 0 bridgehead atoms. The normalized spacial score (nSPS) is 13.0. The number of rotatable bonds is 9. The van der Waals surface area contributed by atoms with Crippen molar-refractivity contribution in [3.05, 3.63) is 41.0 Å². The fourth-order valence-electron chi connectivity index (χ4n) is 3.24. The third-order valence-corrected chi connectivity index (χ3v) is 16.5. The van der Waals surface area contributed by atoms with Gasteiger partial charge in [-0.2, -0.15) is 0 Å². The van der Waals surface area contributed by atoms with Crippen LogP contribution in [0.25, 0.3) is 12.2 Å². The summed E-state index contributed by atoms with van der Waals surface area (Å²) in [5.74, 6) is 3.50. The van der Waals surface area contributed by atoms with Gasteiger partial charge in [-0.1, -0.05) is 65.8 Å². The molecule has 2 rings (SSSR count). The van der Waals surface area contributed by atoms with Gasteiger partial charge in [0.15, 0.2) is 17.2 Å². The van der Waals surface area contributed by atoms with Crippen LogP contribution < -0.4 is 23.1 Å². The van der Waals surface area contributed by atoms with Gasteiger partial charge in [0.05, 0.1) is 21.3 Å². The maximum atomic E-state index is 7.00. The molecule has 2 aromatic carbocycles. The van der Waals surface area contributed by atoms with Gasteiger partial charge in [-0.3, -0.25) is 0 Å². The van der Waals surface area contributed by atoms with Crippen LogP contribution in [0.15, 0.2) is 24.3 Å². The number of methoxy groups -OCH3 is 3. The van der Waals surface area contributed by atoms with E-state index in [2.05, 4.69) is 92.9 Å². The number of hydrogen-bond donors (Lipinski definition) is 0. The van der Waals surface area contributed by atoms with Crippen molar-refractivity contribution in [2.24, 2.45) is 0 Å². The van der Waals surface area contributed by atoms with E-state index < -0.39 is 16.6 Å². The number of hydrogen-bond acceptors (Lipinski definition) is 5. The molecule has 0 fully saturated rings. The molecule has 7 heteroatoms. The highest BCUT2D eigenvalue weighted by molar-refractivity contribution is 6.75. The summed E-state index contributed by atoms with van der Waals surface area (Å²) in [7, 11) is 0.590. The lowest BCUT2D eigenvalue weighted by molar-refractivity contribution is 0.324. The number of aryl methyl sites for hydroxylation is 1. The Morgan fingerprint density at radius 1 is 0.622 bits per heavy atom. The van der Waals surface area contributed by atoms with E-state index in [1.165, 1.54) is 0 Å². The summed E-state index contributed by atoms with van der Waals surface area (Å²) in [6, 6.07) is 8.11. The van der Waals surface area contributed by atoms with Gasteiger partial charge >= 0.3 is 0 Å². The summed E-state index contributed by atoms with van der Waals surface area (Å²) in [4.78, 5) is 0. The van der Waals surface area contributed by atoms with Crippen LogP contribution in [0, 0.1) is 6.92 Å². The van der Waals surface area contributed by atoms with Gasteiger partial charge in [-0.05, 0) is 66.4 Å². The van der Waals surface area contributed by atoms with Crippen molar-refractivity contribution >= 4 is 28.8 Å². The van der Waals surface area contributed by atoms with Crippen LogP contribution in [0.2, 0.25) is 36.3 Å². The van der Waals surface area contributed by atoms with E-state index in [0.717, 1.165) is 28.2 Å². The second kappa shape index (κ2) is 11.2. The minimum atomic E-state index is -2.16. The molecule has 0 saturated heterocycles. The molecule has 0 unspecified atom stereocenters. The van der Waals surface area contributed by atoms with E-state index in [4.69, 9.17) is 23.1 Å². The molecule has 0 N–H and O–H groups in total. The summed E-state index contributed by atoms with van der Waals surface area (Å²) in [6.07, 6.45) is 4.13. The van der Waals surface area contributed by atoms with Crippen LogP contribution in [-0.2, 0) is 0 Å². The Balaban J connectivity index is 2.72. The topological polar surface area (TPSA) is 46.2 Å². The first-order chi connectivity index (χ1) is 16.9. The molecule has 2 aromatic rings.